The van der Waals surface area contributed by atoms with E-state index < -0.39 is 46.8 Å². The Morgan fingerprint density at radius 1 is 0.774 bits per heavy atom. The molecule has 3 atom stereocenters. The van der Waals surface area contributed by atoms with Gasteiger partial charge in [0.1, 0.15) is 5.56 Å². The lowest BCUT2D eigenvalue weighted by molar-refractivity contribution is -0.245. The molecule has 3 N–H and O–H groups in total. The molecule has 274 valence electrons. The zero-order valence-corrected chi connectivity index (χ0v) is 29.0. The summed E-state index contributed by atoms with van der Waals surface area (Å²) in [6.07, 6.45) is -0.674. The molecule has 5 aromatic rings. The number of carbonyl (C=O) groups is 2. The molecule has 53 heavy (non-hydrogen) atoms. The lowest BCUT2D eigenvalue weighted by Crippen LogP contribution is -2.31. The lowest BCUT2D eigenvalue weighted by atomic mass is 9.97. The van der Waals surface area contributed by atoms with Gasteiger partial charge in [-0.25, -0.2) is 22.0 Å². The number of amides is 2. The molecule has 0 unspecified atom stereocenters. The van der Waals surface area contributed by atoms with Crippen molar-refractivity contribution in [2.45, 2.75) is 49.9 Å². The van der Waals surface area contributed by atoms with E-state index in [0.29, 0.717) is 29.0 Å². The number of aliphatic hydroxyl groups excluding tert-OH is 1. The molecule has 0 radical (unpaired) electrons. The van der Waals surface area contributed by atoms with E-state index in [-0.39, 0.29) is 31.3 Å². The number of hydrogen-bond donors (Lipinski definition) is 3. The van der Waals surface area contributed by atoms with Crippen molar-refractivity contribution in [3.05, 3.63) is 154 Å². The second-order valence-corrected chi connectivity index (χ2v) is 13.4. The van der Waals surface area contributed by atoms with E-state index in [2.05, 4.69) is 10.6 Å². The molecule has 0 aliphatic carbocycles. The Balaban J connectivity index is 1.18. The zero-order valence-electron chi connectivity index (χ0n) is 28.2. The van der Waals surface area contributed by atoms with Crippen LogP contribution in [0.4, 0.5) is 27.6 Å². The van der Waals surface area contributed by atoms with Crippen LogP contribution in [0, 0.1) is 29.1 Å². The number of nitrogens with one attached hydrogen (secondary N) is 2. The summed E-state index contributed by atoms with van der Waals surface area (Å²) in [5, 5.41) is 14.5. The van der Waals surface area contributed by atoms with Crippen LogP contribution >= 0.6 is 11.8 Å². The fraction of sp³-hybridized carbons (Fsp3) is 0.200. The summed E-state index contributed by atoms with van der Waals surface area (Å²) in [4.78, 5) is 25.0. The summed E-state index contributed by atoms with van der Waals surface area (Å²) < 4.78 is 82.3. The van der Waals surface area contributed by atoms with E-state index in [4.69, 9.17) is 9.47 Å². The number of aliphatic hydroxyl groups is 1. The van der Waals surface area contributed by atoms with Gasteiger partial charge < -0.3 is 25.2 Å². The number of carbonyl (C=O) groups excluding carboxylic acids is 2. The maximum atomic E-state index is 14.2. The Labute approximate surface area is 306 Å². The maximum Gasteiger partial charge on any atom is 0.257 e. The second kappa shape index (κ2) is 16.7. The van der Waals surface area contributed by atoms with Crippen LogP contribution in [0.15, 0.2) is 102 Å². The second-order valence-electron chi connectivity index (χ2n) is 12.3. The molecule has 13 heteroatoms. The van der Waals surface area contributed by atoms with Crippen LogP contribution in [-0.2, 0) is 27.4 Å². The average Bonchev–Trinajstić information content (AvgIpc) is 3.18. The number of thioether (sulfide) groups is 1. The molecule has 0 bridgehead atoms. The number of benzene rings is 5. The first-order chi connectivity index (χ1) is 25.5. The summed E-state index contributed by atoms with van der Waals surface area (Å²) >= 11 is 1.61. The topological polar surface area (TPSA) is 96.9 Å². The van der Waals surface area contributed by atoms with E-state index in [1.54, 1.807) is 36.0 Å². The molecule has 1 fully saturated rings. The minimum atomic E-state index is -2.34. The fourth-order valence-corrected chi connectivity index (χ4v) is 6.82. The van der Waals surface area contributed by atoms with Gasteiger partial charge in [-0.2, -0.15) is 0 Å². The number of anilines is 1. The van der Waals surface area contributed by atoms with Gasteiger partial charge >= 0.3 is 0 Å². The quantitative estimate of drug-likeness (QED) is 0.0541. The first-order valence-electron chi connectivity index (χ1n) is 16.5. The third kappa shape index (κ3) is 8.77. The van der Waals surface area contributed by atoms with Crippen molar-refractivity contribution in [3.8, 4) is 11.1 Å². The normalized spacial score (nSPS) is 17.0. The minimum Gasteiger partial charge on any atom is -0.392 e. The van der Waals surface area contributed by atoms with Crippen LogP contribution in [0.25, 0.3) is 11.1 Å². The number of ether oxygens (including phenoxy) is 2. The van der Waals surface area contributed by atoms with Gasteiger partial charge in [-0.15, -0.1) is 11.8 Å². The third-order valence-corrected chi connectivity index (χ3v) is 9.76. The molecule has 7 nitrogen and oxygen atoms in total. The molecule has 2 amide bonds. The fourth-order valence-electron chi connectivity index (χ4n) is 5.89. The predicted molar refractivity (Wildman–Crippen MR) is 189 cm³/mol. The summed E-state index contributed by atoms with van der Waals surface area (Å²) in [5.74, 6) is -12.2. The highest BCUT2D eigenvalue weighted by Crippen LogP contribution is 2.40. The van der Waals surface area contributed by atoms with Gasteiger partial charge in [-0.1, -0.05) is 72.8 Å². The van der Waals surface area contributed by atoms with Gasteiger partial charge in [0.2, 0.25) is 11.7 Å². The Morgan fingerprint density at radius 2 is 1.40 bits per heavy atom. The molecule has 1 aliphatic heterocycles. The largest absolute Gasteiger partial charge is 0.392 e. The van der Waals surface area contributed by atoms with Crippen molar-refractivity contribution >= 4 is 29.3 Å². The molecule has 1 saturated heterocycles. The summed E-state index contributed by atoms with van der Waals surface area (Å²) in [5.41, 5.74) is 3.49. The Kier molecular flexibility index (Phi) is 11.9. The molecule has 0 saturated carbocycles. The summed E-state index contributed by atoms with van der Waals surface area (Å²) in [7, 11) is 0. The van der Waals surface area contributed by atoms with Crippen LogP contribution in [0.2, 0.25) is 0 Å². The van der Waals surface area contributed by atoms with E-state index in [1.165, 1.54) is 6.92 Å². The van der Waals surface area contributed by atoms with Crippen molar-refractivity contribution < 1.29 is 46.1 Å². The summed E-state index contributed by atoms with van der Waals surface area (Å²) in [6, 6.07) is 29.3. The molecule has 5 aromatic carbocycles. The highest BCUT2D eigenvalue weighted by atomic mass is 32.2. The predicted octanol–water partition coefficient (Wildman–Crippen LogP) is 8.77. The van der Waals surface area contributed by atoms with Crippen molar-refractivity contribution in [1.82, 2.24) is 5.32 Å². The van der Waals surface area contributed by atoms with Crippen LogP contribution in [0.1, 0.15) is 58.4 Å². The lowest BCUT2D eigenvalue weighted by Gasteiger charge is -2.36. The first-order valence-corrected chi connectivity index (χ1v) is 17.5. The Bertz CT molecular complexity index is 2070. The first kappa shape index (κ1) is 37.7. The van der Waals surface area contributed by atoms with Crippen LogP contribution in [0.5, 0.6) is 0 Å². The molecule has 1 aliphatic rings. The molecular weight excluding hydrogens is 716 g/mol. The summed E-state index contributed by atoms with van der Waals surface area (Å²) in [6.45, 7) is 1.11. The Hall–Kier alpha value is -5.08. The minimum absolute atomic E-state index is 0.0787. The van der Waals surface area contributed by atoms with Crippen molar-refractivity contribution in [3.63, 3.8) is 0 Å². The molecule has 0 aromatic heterocycles. The smallest absolute Gasteiger partial charge is 0.257 e. The van der Waals surface area contributed by atoms with Crippen molar-refractivity contribution in [2.75, 3.05) is 11.1 Å². The van der Waals surface area contributed by atoms with Crippen molar-refractivity contribution in [1.29, 1.82) is 0 Å². The van der Waals surface area contributed by atoms with E-state index in [1.807, 2.05) is 72.8 Å². The maximum absolute atomic E-state index is 14.2. The van der Waals surface area contributed by atoms with Crippen LogP contribution in [0.3, 0.4) is 0 Å². The zero-order chi connectivity index (χ0) is 37.6. The number of halogens is 5. The highest BCUT2D eigenvalue weighted by Gasteiger charge is 2.33. The average molecular weight is 749 g/mol. The molecule has 0 spiro atoms. The van der Waals surface area contributed by atoms with E-state index in [9.17, 15) is 36.6 Å². The van der Waals surface area contributed by atoms with Crippen LogP contribution in [-0.4, -0.2) is 28.8 Å². The van der Waals surface area contributed by atoms with E-state index >= 15 is 0 Å². The molecule has 1 heterocycles. The van der Waals surface area contributed by atoms with Gasteiger partial charge in [-0.3, -0.25) is 9.59 Å². The van der Waals surface area contributed by atoms with Gasteiger partial charge in [0.25, 0.3) is 5.91 Å². The van der Waals surface area contributed by atoms with Gasteiger partial charge in [0.15, 0.2) is 29.6 Å². The molecular formula is C40H33F5N2O5S. The van der Waals surface area contributed by atoms with Gasteiger partial charge in [0, 0.05) is 41.8 Å². The standard InChI is InChI=1S/C40H33F5N2O5S/c1-22(49)47-28-14-16-30(17-15-28)53-21-29-18-32(25-8-6-23(20-48)7-9-25)52-40(51-29)26-12-10-24(11-13-26)31-5-3-2-4-27(31)19-46-39(50)33-34(41)36(43)38(45)37(44)35(33)42/h2-17,29,32,40,48H,18-21H2,1H3,(H,46,50)(H,47,49)/t29-,32+,40+/m1/s1. The van der Waals surface area contributed by atoms with E-state index in [0.717, 1.165) is 27.1 Å². The van der Waals surface area contributed by atoms with Gasteiger partial charge in [0.05, 0.1) is 18.8 Å². The van der Waals surface area contributed by atoms with Gasteiger partial charge in [-0.05, 0) is 52.1 Å². The Morgan fingerprint density at radius 3 is 2.04 bits per heavy atom. The van der Waals surface area contributed by atoms with Crippen LogP contribution < -0.4 is 10.6 Å². The van der Waals surface area contributed by atoms with Crippen molar-refractivity contribution in [2.24, 2.45) is 0 Å². The number of hydrogen-bond acceptors (Lipinski definition) is 6. The third-order valence-electron chi connectivity index (χ3n) is 8.61. The number of rotatable bonds is 11. The highest BCUT2D eigenvalue weighted by molar-refractivity contribution is 7.99. The molecule has 6 rings (SSSR count). The SMILES string of the molecule is CC(=O)Nc1ccc(SC[C@H]2C[C@@H](c3ccc(CO)cc3)O[C@@H](c3ccc(-c4ccccc4CNC(=O)c4c(F)c(F)c(F)c(F)c4F)cc3)O2)cc1. The monoisotopic (exact) mass is 748 g/mol.